The largest absolute Gasteiger partial charge is 0.476 e. The number of aromatic nitrogens is 4. The minimum Gasteiger partial charge on any atom is -0.476 e. The summed E-state index contributed by atoms with van der Waals surface area (Å²) in [5.41, 5.74) is 1.61. The van der Waals surface area contributed by atoms with Crippen molar-refractivity contribution >= 4 is 16.0 Å². The Hall–Kier alpha value is -2.20. The van der Waals surface area contributed by atoms with Gasteiger partial charge in [0.15, 0.2) is 5.69 Å². The predicted octanol–water partition coefficient (Wildman–Crippen LogP) is -0.103. The summed E-state index contributed by atoms with van der Waals surface area (Å²) in [6, 6.07) is 0. The number of sulfonamides is 1. The van der Waals surface area contributed by atoms with Crippen LogP contribution >= 0.6 is 0 Å². The summed E-state index contributed by atoms with van der Waals surface area (Å²) in [5.74, 6) is -1.11. The summed E-state index contributed by atoms with van der Waals surface area (Å²) in [5, 5.41) is 19.4. The molecule has 118 valence electrons. The van der Waals surface area contributed by atoms with Crippen LogP contribution < -0.4 is 0 Å². The van der Waals surface area contributed by atoms with E-state index < -0.39 is 16.0 Å². The Morgan fingerprint density at radius 3 is 2.77 bits per heavy atom. The smallest absolute Gasteiger partial charge is 0.356 e. The first kappa shape index (κ1) is 14.7. The first-order chi connectivity index (χ1) is 10.3. The van der Waals surface area contributed by atoms with Crippen LogP contribution in [0.15, 0.2) is 11.1 Å². The van der Waals surface area contributed by atoms with Gasteiger partial charge in [-0.15, -0.1) is 0 Å². The molecule has 2 N–H and O–H groups in total. The molecule has 9 nitrogen and oxygen atoms in total. The van der Waals surface area contributed by atoms with E-state index in [1.54, 1.807) is 14.0 Å². The molecule has 0 bridgehead atoms. The molecule has 0 atom stereocenters. The number of nitrogens with one attached hydrogen (secondary N) is 1. The van der Waals surface area contributed by atoms with Crippen molar-refractivity contribution in [1.82, 2.24) is 24.3 Å². The minimum atomic E-state index is -3.67. The average Bonchev–Trinajstić information content (AvgIpc) is 3.03. The van der Waals surface area contributed by atoms with Gasteiger partial charge >= 0.3 is 5.97 Å². The Labute approximate surface area is 126 Å². The van der Waals surface area contributed by atoms with Crippen LogP contribution in [0.2, 0.25) is 0 Å². The van der Waals surface area contributed by atoms with Crippen LogP contribution in [0, 0.1) is 6.92 Å². The number of carboxylic acids is 1. The van der Waals surface area contributed by atoms with E-state index in [0.717, 1.165) is 0 Å². The zero-order valence-corrected chi connectivity index (χ0v) is 12.9. The van der Waals surface area contributed by atoms with Crippen molar-refractivity contribution in [1.29, 1.82) is 0 Å². The van der Waals surface area contributed by atoms with Gasteiger partial charge < -0.3 is 5.11 Å². The van der Waals surface area contributed by atoms with Gasteiger partial charge in [0, 0.05) is 19.2 Å². The number of aromatic amines is 1. The van der Waals surface area contributed by atoms with Crippen molar-refractivity contribution in [2.24, 2.45) is 7.05 Å². The van der Waals surface area contributed by atoms with E-state index in [1.165, 1.54) is 15.2 Å². The molecule has 0 spiro atoms. The summed E-state index contributed by atoms with van der Waals surface area (Å²) in [6.45, 7) is 1.98. The molecule has 3 rings (SSSR count). The molecule has 2 aromatic rings. The van der Waals surface area contributed by atoms with E-state index >= 15 is 0 Å². The zero-order valence-electron chi connectivity index (χ0n) is 12.1. The lowest BCUT2D eigenvalue weighted by molar-refractivity contribution is 0.0689. The molecule has 1 aliphatic heterocycles. The first-order valence-electron chi connectivity index (χ1n) is 6.60. The highest BCUT2D eigenvalue weighted by molar-refractivity contribution is 7.89. The van der Waals surface area contributed by atoms with Gasteiger partial charge in [-0.05, 0) is 13.3 Å². The standard InChI is InChI=1S/C12H15N5O4S/c1-7-10(5-13-16(7)2)22(20,21)17-4-3-8-9(6-17)14-15-11(8)12(18)19/h5H,3-4,6H2,1-2H3,(H,14,15)(H,18,19). The van der Waals surface area contributed by atoms with Crippen LogP contribution in [0.1, 0.15) is 27.4 Å². The molecule has 0 radical (unpaired) electrons. The molecule has 2 aromatic heterocycles. The number of carbonyl (C=O) groups is 1. The van der Waals surface area contributed by atoms with Gasteiger partial charge in [0.25, 0.3) is 0 Å². The normalized spacial score (nSPS) is 15.7. The van der Waals surface area contributed by atoms with Gasteiger partial charge in [-0.3, -0.25) is 9.78 Å². The number of rotatable bonds is 3. The summed E-state index contributed by atoms with van der Waals surface area (Å²) < 4.78 is 28.2. The monoisotopic (exact) mass is 325 g/mol. The summed E-state index contributed by atoms with van der Waals surface area (Å²) in [7, 11) is -1.99. The molecule has 0 saturated heterocycles. The second-order valence-electron chi connectivity index (χ2n) is 5.14. The zero-order chi connectivity index (χ0) is 16.1. The lowest BCUT2D eigenvalue weighted by Crippen LogP contribution is -2.36. The fraction of sp³-hybridized carbons (Fsp3) is 0.417. The van der Waals surface area contributed by atoms with Gasteiger partial charge in [-0.2, -0.15) is 14.5 Å². The van der Waals surface area contributed by atoms with E-state index in [9.17, 15) is 13.2 Å². The van der Waals surface area contributed by atoms with Crippen LogP contribution in [0.25, 0.3) is 0 Å². The van der Waals surface area contributed by atoms with Crippen LogP contribution in [-0.4, -0.2) is 50.3 Å². The number of fused-ring (bicyclic) bond motifs is 1. The number of nitrogens with zero attached hydrogens (tertiary/aromatic N) is 4. The third kappa shape index (κ3) is 2.11. The highest BCUT2D eigenvalue weighted by Crippen LogP contribution is 2.26. The van der Waals surface area contributed by atoms with Crippen molar-refractivity contribution in [3.63, 3.8) is 0 Å². The van der Waals surface area contributed by atoms with Crippen molar-refractivity contribution in [3.05, 3.63) is 28.8 Å². The average molecular weight is 325 g/mol. The topological polar surface area (TPSA) is 121 Å². The van der Waals surface area contributed by atoms with Crippen molar-refractivity contribution in [2.75, 3.05) is 6.54 Å². The fourth-order valence-electron chi connectivity index (χ4n) is 2.55. The number of aromatic carboxylic acids is 1. The Balaban J connectivity index is 1.94. The summed E-state index contributed by atoms with van der Waals surface area (Å²) in [4.78, 5) is 11.2. The SMILES string of the molecule is Cc1c(S(=O)(=O)N2CCc3c(C(=O)O)n[nH]c3C2)cnn1C. The summed E-state index contributed by atoms with van der Waals surface area (Å²) >= 11 is 0. The predicted molar refractivity (Wildman–Crippen MR) is 74.8 cm³/mol. The van der Waals surface area contributed by atoms with Crippen molar-refractivity contribution in [2.45, 2.75) is 24.8 Å². The Kier molecular flexibility index (Phi) is 3.29. The number of hydrogen-bond acceptors (Lipinski definition) is 5. The summed E-state index contributed by atoms with van der Waals surface area (Å²) in [6.07, 6.45) is 1.64. The Morgan fingerprint density at radius 1 is 1.45 bits per heavy atom. The van der Waals surface area contributed by atoms with Gasteiger partial charge in [-0.25, -0.2) is 13.2 Å². The maximum atomic E-state index is 12.7. The second-order valence-corrected chi connectivity index (χ2v) is 7.05. The van der Waals surface area contributed by atoms with E-state index in [2.05, 4.69) is 15.3 Å². The fourth-order valence-corrected chi connectivity index (χ4v) is 4.14. The van der Waals surface area contributed by atoms with Gasteiger partial charge in [-0.1, -0.05) is 0 Å². The van der Waals surface area contributed by atoms with Crippen molar-refractivity contribution in [3.8, 4) is 0 Å². The third-order valence-electron chi connectivity index (χ3n) is 3.91. The first-order valence-corrected chi connectivity index (χ1v) is 8.04. The van der Waals surface area contributed by atoms with E-state index in [4.69, 9.17) is 5.11 Å². The van der Waals surface area contributed by atoms with Gasteiger partial charge in [0.1, 0.15) is 4.90 Å². The molecule has 10 heteroatoms. The molecule has 1 aliphatic rings. The molecule has 22 heavy (non-hydrogen) atoms. The molecule has 0 aromatic carbocycles. The molecule has 0 fully saturated rings. The molecule has 0 amide bonds. The van der Waals surface area contributed by atoms with Crippen LogP contribution in [-0.2, 0) is 30.0 Å². The number of hydrogen-bond donors (Lipinski definition) is 2. The molecule has 0 unspecified atom stereocenters. The molecular weight excluding hydrogens is 310 g/mol. The highest BCUT2D eigenvalue weighted by atomic mass is 32.2. The van der Waals surface area contributed by atoms with E-state index in [-0.39, 0.29) is 23.7 Å². The maximum absolute atomic E-state index is 12.7. The van der Waals surface area contributed by atoms with Gasteiger partial charge in [0.05, 0.1) is 24.1 Å². The quantitative estimate of drug-likeness (QED) is 0.812. The lowest BCUT2D eigenvalue weighted by Gasteiger charge is -2.25. The second kappa shape index (κ2) is 4.92. The molecule has 3 heterocycles. The van der Waals surface area contributed by atoms with E-state index in [0.29, 0.717) is 23.4 Å². The lowest BCUT2D eigenvalue weighted by atomic mass is 10.1. The van der Waals surface area contributed by atoms with Crippen LogP contribution in [0.5, 0.6) is 0 Å². The van der Waals surface area contributed by atoms with Gasteiger partial charge in [0.2, 0.25) is 10.0 Å². The van der Waals surface area contributed by atoms with Crippen molar-refractivity contribution < 1.29 is 18.3 Å². The molecule has 0 saturated carbocycles. The molecular formula is C12H15N5O4S. The highest BCUT2D eigenvalue weighted by Gasteiger charge is 2.33. The maximum Gasteiger partial charge on any atom is 0.356 e. The number of aryl methyl sites for hydroxylation is 1. The van der Waals surface area contributed by atoms with E-state index in [1.807, 2.05) is 0 Å². The van der Waals surface area contributed by atoms with Crippen LogP contribution in [0.4, 0.5) is 0 Å². The number of H-pyrrole nitrogens is 1. The molecule has 0 aliphatic carbocycles. The Bertz CT molecular complexity index is 851. The Morgan fingerprint density at radius 2 is 2.18 bits per heavy atom. The minimum absolute atomic E-state index is 0.0374. The number of carboxylic acid groups (broad SMARTS) is 1. The third-order valence-corrected chi connectivity index (χ3v) is 5.86. The van der Waals surface area contributed by atoms with Crippen LogP contribution in [0.3, 0.4) is 0 Å².